The average Bonchev–Trinajstić information content (AvgIpc) is 2.42. The van der Waals surface area contributed by atoms with Crippen molar-refractivity contribution in [2.75, 3.05) is 13.2 Å². The van der Waals surface area contributed by atoms with Gasteiger partial charge in [0.2, 0.25) is 0 Å². The molecule has 0 atom stereocenters. The van der Waals surface area contributed by atoms with Crippen molar-refractivity contribution < 1.29 is 13.6 Å². The molecule has 20 heavy (non-hydrogen) atoms. The van der Waals surface area contributed by atoms with Crippen LogP contribution in [0.5, 0.6) is 0 Å². The molecule has 1 aliphatic carbocycles. The highest BCUT2D eigenvalue weighted by atomic mass is 31.2. The van der Waals surface area contributed by atoms with Crippen molar-refractivity contribution in [1.82, 2.24) is 0 Å². The molecule has 1 saturated carbocycles. The van der Waals surface area contributed by atoms with Gasteiger partial charge in [-0.3, -0.25) is 4.57 Å². The summed E-state index contributed by atoms with van der Waals surface area (Å²) in [7, 11) is -2.91. The van der Waals surface area contributed by atoms with Crippen molar-refractivity contribution in [3.63, 3.8) is 0 Å². The molecular formula is C16H33O3P. The predicted molar refractivity (Wildman–Crippen MR) is 85.3 cm³/mol. The van der Waals surface area contributed by atoms with E-state index in [9.17, 15) is 4.57 Å². The van der Waals surface area contributed by atoms with Gasteiger partial charge in [-0.25, -0.2) is 0 Å². The Morgan fingerprint density at radius 1 is 0.950 bits per heavy atom. The van der Waals surface area contributed by atoms with Gasteiger partial charge in [0.15, 0.2) is 0 Å². The Balaban J connectivity index is 2.63. The molecule has 0 spiro atoms. The monoisotopic (exact) mass is 304 g/mol. The van der Waals surface area contributed by atoms with Crippen molar-refractivity contribution >= 4 is 7.60 Å². The summed E-state index contributed by atoms with van der Waals surface area (Å²) in [5, 5.41) is 0. The summed E-state index contributed by atoms with van der Waals surface area (Å²) < 4.78 is 24.3. The first-order valence-electron chi connectivity index (χ1n) is 8.22. The van der Waals surface area contributed by atoms with Gasteiger partial charge >= 0.3 is 7.60 Å². The molecule has 0 heterocycles. The molecule has 0 aromatic rings. The third kappa shape index (κ3) is 5.16. The number of hydrogen-bond donors (Lipinski definition) is 0. The lowest BCUT2D eigenvalue weighted by Gasteiger charge is -2.38. The van der Waals surface area contributed by atoms with Crippen molar-refractivity contribution in [2.45, 2.75) is 78.8 Å². The van der Waals surface area contributed by atoms with E-state index in [4.69, 9.17) is 9.05 Å². The molecule has 0 N–H and O–H groups in total. The van der Waals surface area contributed by atoms with Gasteiger partial charge in [0, 0.05) is 0 Å². The highest BCUT2D eigenvalue weighted by Gasteiger charge is 2.40. The topological polar surface area (TPSA) is 35.5 Å². The molecule has 0 saturated heterocycles. The third-order valence-electron chi connectivity index (χ3n) is 4.32. The van der Waals surface area contributed by atoms with Crippen LogP contribution in [0.2, 0.25) is 0 Å². The summed E-state index contributed by atoms with van der Waals surface area (Å²) in [4.78, 5) is 0. The molecule has 1 aliphatic rings. The van der Waals surface area contributed by atoms with E-state index in [0.29, 0.717) is 18.6 Å². The van der Waals surface area contributed by atoms with E-state index in [2.05, 4.69) is 20.8 Å². The smallest absolute Gasteiger partial charge is 0.308 e. The van der Waals surface area contributed by atoms with Crippen molar-refractivity contribution in [3.8, 4) is 0 Å². The molecule has 1 rings (SSSR count). The van der Waals surface area contributed by atoms with Crippen LogP contribution in [0.25, 0.3) is 0 Å². The summed E-state index contributed by atoms with van der Waals surface area (Å²) in [6.45, 7) is 12.1. The minimum atomic E-state index is -2.91. The van der Waals surface area contributed by atoms with Crippen molar-refractivity contribution in [2.24, 2.45) is 11.3 Å². The van der Waals surface area contributed by atoms with Crippen molar-refractivity contribution in [1.29, 1.82) is 0 Å². The van der Waals surface area contributed by atoms with Gasteiger partial charge < -0.3 is 9.05 Å². The lowest BCUT2D eigenvalue weighted by molar-refractivity contribution is 0.155. The Kier molecular flexibility index (Phi) is 7.24. The third-order valence-corrected chi connectivity index (χ3v) is 6.82. The Hall–Kier alpha value is 0.150. The van der Waals surface area contributed by atoms with Gasteiger partial charge in [-0.1, -0.05) is 34.6 Å². The zero-order valence-corrected chi connectivity index (χ0v) is 14.9. The summed E-state index contributed by atoms with van der Waals surface area (Å²) >= 11 is 0. The SMILES string of the molecule is CCCOP(=O)(OCCC)C1CCC(C(C)(C)C)CC1. The molecule has 0 radical (unpaired) electrons. The predicted octanol–water partition coefficient (Wildman–Crippen LogP) is 5.64. The fourth-order valence-corrected chi connectivity index (χ4v) is 5.24. The molecule has 3 nitrogen and oxygen atoms in total. The van der Waals surface area contributed by atoms with Gasteiger partial charge in [0.05, 0.1) is 18.9 Å². The second-order valence-corrected chi connectivity index (χ2v) is 9.40. The molecule has 0 aromatic carbocycles. The van der Waals surface area contributed by atoms with Crippen LogP contribution < -0.4 is 0 Å². The Morgan fingerprint density at radius 2 is 1.40 bits per heavy atom. The van der Waals surface area contributed by atoms with Gasteiger partial charge in [0.1, 0.15) is 0 Å². The first kappa shape index (κ1) is 18.2. The first-order chi connectivity index (χ1) is 9.33. The van der Waals surface area contributed by atoms with Crippen LogP contribution in [0.1, 0.15) is 73.1 Å². The minimum Gasteiger partial charge on any atom is -0.308 e. The summed E-state index contributed by atoms with van der Waals surface area (Å²) in [6.07, 6.45) is 6.01. The first-order valence-corrected chi connectivity index (χ1v) is 9.83. The highest BCUT2D eigenvalue weighted by Crippen LogP contribution is 2.59. The van der Waals surface area contributed by atoms with Crippen LogP contribution >= 0.6 is 7.60 Å². The van der Waals surface area contributed by atoms with Crippen LogP contribution in [-0.2, 0) is 13.6 Å². The Morgan fingerprint density at radius 3 is 1.75 bits per heavy atom. The van der Waals surface area contributed by atoms with E-state index >= 15 is 0 Å². The molecule has 1 fully saturated rings. The van der Waals surface area contributed by atoms with Crippen LogP contribution in [-0.4, -0.2) is 18.9 Å². The fourth-order valence-electron chi connectivity index (χ4n) is 2.94. The second-order valence-electron chi connectivity index (χ2n) is 7.08. The zero-order valence-electron chi connectivity index (χ0n) is 14.0. The van der Waals surface area contributed by atoms with Crippen LogP contribution in [0, 0.1) is 11.3 Å². The lowest BCUT2D eigenvalue weighted by Crippen LogP contribution is -2.28. The summed E-state index contributed by atoms with van der Waals surface area (Å²) in [5.41, 5.74) is 0.461. The molecule has 0 unspecified atom stereocenters. The molecule has 0 bridgehead atoms. The maximum Gasteiger partial charge on any atom is 0.333 e. The number of hydrogen-bond acceptors (Lipinski definition) is 3. The van der Waals surface area contributed by atoms with Gasteiger partial charge in [-0.2, -0.15) is 0 Å². The largest absolute Gasteiger partial charge is 0.333 e. The van der Waals surface area contributed by atoms with E-state index < -0.39 is 7.60 Å². The fraction of sp³-hybridized carbons (Fsp3) is 1.00. The Bertz CT molecular complexity index is 302. The molecule has 4 heteroatoms. The van der Waals surface area contributed by atoms with Crippen LogP contribution in [0.4, 0.5) is 0 Å². The van der Waals surface area contributed by atoms with E-state index in [1.165, 1.54) is 0 Å². The maximum atomic E-state index is 13.0. The normalized spacial score (nSPS) is 24.9. The lowest BCUT2D eigenvalue weighted by atomic mass is 9.72. The zero-order chi connectivity index (χ0) is 15.2. The van der Waals surface area contributed by atoms with Gasteiger partial charge in [-0.15, -0.1) is 0 Å². The average molecular weight is 304 g/mol. The van der Waals surface area contributed by atoms with Crippen LogP contribution in [0.15, 0.2) is 0 Å². The van der Waals surface area contributed by atoms with E-state index in [0.717, 1.165) is 44.4 Å². The molecule has 0 amide bonds. The molecule has 0 aromatic heterocycles. The second kappa shape index (κ2) is 7.96. The van der Waals surface area contributed by atoms with Crippen molar-refractivity contribution in [3.05, 3.63) is 0 Å². The van der Waals surface area contributed by atoms with E-state index in [1.54, 1.807) is 0 Å². The van der Waals surface area contributed by atoms with Crippen LogP contribution in [0.3, 0.4) is 0 Å². The highest BCUT2D eigenvalue weighted by molar-refractivity contribution is 7.54. The standard InChI is InChI=1S/C16H33O3P/c1-6-12-18-20(17,19-13-7-2)15-10-8-14(9-11-15)16(3,4)5/h14-15H,6-13H2,1-5H3. The van der Waals surface area contributed by atoms with E-state index in [-0.39, 0.29) is 5.66 Å². The van der Waals surface area contributed by atoms with Gasteiger partial charge in [-0.05, 0) is 49.9 Å². The maximum absolute atomic E-state index is 13.0. The molecule has 120 valence electrons. The van der Waals surface area contributed by atoms with Gasteiger partial charge in [0.25, 0.3) is 0 Å². The minimum absolute atomic E-state index is 0.110. The molecular weight excluding hydrogens is 271 g/mol. The summed E-state index contributed by atoms with van der Waals surface area (Å²) in [6, 6.07) is 0. The quantitative estimate of drug-likeness (QED) is 0.571. The number of rotatable bonds is 7. The Labute approximate surface area is 125 Å². The summed E-state index contributed by atoms with van der Waals surface area (Å²) in [5.74, 6) is 0.726. The molecule has 0 aliphatic heterocycles. The van der Waals surface area contributed by atoms with E-state index in [1.807, 2.05) is 13.8 Å².